The van der Waals surface area contributed by atoms with Crippen LogP contribution in [0.25, 0.3) is 0 Å². The Morgan fingerprint density at radius 2 is 2.07 bits per heavy atom. The van der Waals surface area contributed by atoms with E-state index in [-0.39, 0.29) is 12.0 Å². The lowest BCUT2D eigenvalue weighted by Crippen LogP contribution is -2.36. The summed E-state index contributed by atoms with van der Waals surface area (Å²) in [7, 11) is 0. The maximum absolute atomic E-state index is 12.3. The van der Waals surface area contributed by atoms with E-state index in [2.05, 4.69) is 10.3 Å². The monoisotopic (exact) mass is 213 g/mol. The first-order valence-corrected chi connectivity index (χ1v) is 4.14. The Hall–Kier alpha value is -1.01. The van der Waals surface area contributed by atoms with Gasteiger partial charge in [-0.25, -0.2) is 13.8 Å². The largest absolute Gasteiger partial charge is 0.370 e. The number of alkyl halides is 4. The van der Waals surface area contributed by atoms with E-state index >= 15 is 0 Å². The summed E-state index contributed by atoms with van der Waals surface area (Å²) in [5.41, 5.74) is 5.18. The Kier molecular flexibility index (Phi) is 3.17. The Balaban J connectivity index is 2.35. The topological polar surface area (TPSA) is 50.4 Å². The molecule has 3 nitrogen and oxygen atoms in total. The summed E-state index contributed by atoms with van der Waals surface area (Å²) in [6.07, 6.45) is -1.90. The third kappa shape index (κ3) is 3.39. The lowest BCUT2D eigenvalue weighted by atomic mass is 10.3. The van der Waals surface area contributed by atoms with Crippen molar-refractivity contribution in [1.29, 1.82) is 0 Å². The van der Waals surface area contributed by atoms with Gasteiger partial charge in [0.05, 0.1) is 0 Å². The van der Waals surface area contributed by atoms with Gasteiger partial charge >= 0.3 is 12.3 Å². The molecule has 0 saturated heterocycles. The standard InChI is InChI=1S/C7H11F4N3/c8-5(9)7(10,11)3-13-6(12)14-4-1-2-4/h4-5H,1-3H2,(H3,12,13,14). The zero-order valence-electron chi connectivity index (χ0n) is 7.31. The SMILES string of the molecule is NC(=NCC(F)(F)C(F)F)NC1CC1. The van der Waals surface area contributed by atoms with Crippen LogP contribution in [0.3, 0.4) is 0 Å². The highest BCUT2D eigenvalue weighted by molar-refractivity contribution is 5.78. The smallest absolute Gasteiger partial charge is 0.326 e. The molecule has 0 bridgehead atoms. The molecule has 1 aliphatic carbocycles. The van der Waals surface area contributed by atoms with Crippen molar-refractivity contribution >= 4 is 5.96 Å². The van der Waals surface area contributed by atoms with Crippen LogP contribution in [-0.4, -0.2) is 30.9 Å². The van der Waals surface area contributed by atoms with Crippen LogP contribution in [-0.2, 0) is 0 Å². The molecular weight excluding hydrogens is 202 g/mol. The van der Waals surface area contributed by atoms with Crippen molar-refractivity contribution in [2.24, 2.45) is 10.7 Å². The number of aliphatic imine (C=N–C) groups is 1. The molecule has 0 spiro atoms. The fourth-order valence-corrected chi connectivity index (χ4v) is 0.742. The molecule has 0 radical (unpaired) electrons. The van der Waals surface area contributed by atoms with Crippen LogP contribution >= 0.6 is 0 Å². The van der Waals surface area contributed by atoms with E-state index in [9.17, 15) is 17.6 Å². The second-order valence-electron chi connectivity index (χ2n) is 3.18. The van der Waals surface area contributed by atoms with Crippen molar-refractivity contribution in [2.45, 2.75) is 31.2 Å². The van der Waals surface area contributed by atoms with Crippen LogP contribution in [0, 0.1) is 0 Å². The molecule has 0 unspecified atom stereocenters. The number of nitrogens with two attached hydrogens (primary N) is 1. The Labute approximate surface area is 78.4 Å². The molecule has 82 valence electrons. The summed E-state index contributed by atoms with van der Waals surface area (Å²) in [5.74, 6) is -4.30. The van der Waals surface area contributed by atoms with Gasteiger partial charge in [-0.2, -0.15) is 8.78 Å². The number of halogens is 4. The van der Waals surface area contributed by atoms with E-state index in [1.54, 1.807) is 0 Å². The molecule has 14 heavy (non-hydrogen) atoms. The summed E-state index contributed by atoms with van der Waals surface area (Å²) < 4.78 is 48.0. The molecule has 3 N–H and O–H groups in total. The lowest BCUT2D eigenvalue weighted by molar-refractivity contribution is -0.120. The molecule has 7 heteroatoms. The predicted molar refractivity (Wildman–Crippen MR) is 43.6 cm³/mol. The van der Waals surface area contributed by atoms with Crippen LogP contribution in [0.15, 0.2) is 4.99 Å². The highest BCUT2D eigenvalue weighted by Gasteiger charge is 2.40. The number of rotatable bonds is 4. The molecule has 0 aromatic carbocycles. The highest BCUT2D eigenvalue weighted by atomic mass is 19.3. The third-order valence-electron chi connectivity index (χ3n) is 1.71. The fourth-order valence-electron chi connectivity index (χ4n) is 0.742. The minimum atomic E-state index is -4.10. The van der Waals surface area contributed by atoms with Gasteiger partial charge in [0.1, 0.15) is 6.54 Å². The zero-order valence-corrected chi connectivity index (χ0v) is 7.31. The zero-order chi connectivity index (χ0) is 10.8. The number of nitrogens with one attached hydrogen (secondary N) is 1. The number of hydrogen-bond acceptors (Lipinski definition) is 1. The Bertz CT molecular complexity index is 225. The molecule has 0 aromatic heterocycles. The second-order valence-corrected chi connectivity index (χ2v) is 3.18. The Morgan fingerprint density at radius 3 is 2.50 bits per heavy atom. The summed E-state index contributed by atoms with van der Waals surface area (Å²) in [6.45, 7) is -1.28. The van der Waals surface area contributed by atoms with Gasteiger partial charge in [-0.05, 0) is 12.8 Å². The average Bonchev–Trinajstić information content (AvgIpc) is 2.85. The van der Waals surface area contributed by atoms with Gasteiger partial charge in [-0.3, -0.25) is 0 Å². The maximum Gasteiger partial charge on any atom is 0.326 e. The first-order chi connectivity index (χ1) is 6.42. The molecule has 0 aliphatic heterocycles. The summed E-state index contributed by atoms with van der Waals surface area (Å²) in [4.78, 5) is 3.15. The van der Waals surface area contributed by atoms with E-state index in [1.807, 2.05) is 0 Å². The van der Waals surface area contributed by atoms with E-state index in [0.29, 0.717) is 0 Å². The number of guanidine groups is 1. The van der Waals surface area contributed by atoms with Crippen LogP contribution in [0.5, 0.6) is 0 Å². The average molecular weight is 213 g/mol. The second kappa shape index (κ2) is 4.02. The Morgan fingerprint density at radius 1 is 1.50 bits per heavy atom. The van der Waals surface area contributed by atoms with Crippen molar-refractivity contribution in [1.82, 2.24) is 5.32 Å². The van der Waals surface area contributed by atoms with E-state index in [1.165, 1.54) is 0 Å². The third-order valence-corrected chi connectivity index (χ3v) is 1.71. The van der Waals surface area contributed by atoms with Crippen molar-refractivity contribution in [3.63, 3.8) is 0 Å². The first-order valence-electron chi connectivity index (χ1n) is 4.14. The molecule has 1 rings (SSSR count). The van der Waals surface area contributed by atoms with E-state index < -0.39 is 18.9 Å². The van der Waals surface area contributed by atoms with Crippen molar-refractivity contribution in [2.75, 3.05) is 6.54 Å². The predicted octanol–water partition coefficient (Wildman–Crippen LogP) is 0.954. The number of nitrogens with zero attached hydrogens (tertiary/aromatic N) is 1. The normalized spacial score (nSPS) is 18.8. The molecule has 0 amide bonds. The lowest BCUT2D eigenvalue weighted by Gasteiger charge is -2.12. The summed E-state index contributed by atoms with van der Waals surface area (Å²) >= 11 is 0. The van der Waals surface area contributed by atoms with Gasteiger partial charge in [0.15, 0.2) is 5.96 Å². The van der Waals surface area contributed by atoms with E-state index in [4.69, 9.17) is 5.73 Å². The fraction of sp³-hybridized carbons (Fsp3) is 0.857. The van der Waals surface area contributed by atoms with Crippen molar-refractivity contribution < 1.29 is 17.6 Å². The molecule has 1 aliphatic rings. The van der Waals surface area contributed by atoms with Crippen LogP contribution < -0.4 is 11.1 Å². The van der Waals surface area contributed by atoms with Crippen LogP contribution in [0.4, 0.5) is 17.6 Å². The van der Waals surface area contributed by atoms with Gasteiger partial charge in [-0.1, -0.05) is 0 Å². The van der Waals surface area contributed by atoms with Gasteiger partial charge in [0.2, 0.25) is 0 Å². The number of hydrogen-bond donors (Lipinski definition) is 2. The molecule has 1 saturated carbocycles. The van der Waals surface area contributed by atoms with Crippen molar-refractivity contribution in [3.05, 3.63) is 0 Å². The van der Waals surface area contributed by atoms with Crippen LogP contribution in [0.1, 0.15) is 12.8 Å². The van der Waals surface area contributed by atoms with E-state index in [0.717, 1.165) is 12.8 Å². The first kappa shape index (κ1) is 11.1. The van der Waals surface area contributed by atoms with Crippen molar-refractivity contribution in [3.8, 4) is 0 Å². The molecule has 0 heterocycles. The minimum Gasteiger partial charge on any atom is -0.370 e. The van der Waals surface area contributed by atoms with Gasteiger partial charge in [0.25, 0.3) is 0 Å². The molecular formula is C7H11F4N3. The minimum absolute atomic E-state index is 0.166. The summed E-state index contributed by atoms with van der Waals surface area (Å²) in [6, 6.07) is 0.166. The van der Waals surface area contributed by atoms with Gasteiger partial charge in [-0.15, -0.1) is 0 Å². The van der Waals surface area contributed by atoms with Gasteiger partial charge < -0.3 is 11.1 Å². The molecule has 0 atom stereocenters. The maximum atomic E-state index is 12.3. The summed E-state index contributed by atoms with van der Waals surface area (Å²) in [5, 5.41) is 2.61. The molecule has 1 fully saturated rings. The quantitative estimate of drug-likeness (QED) is 0.415. The molecule has 0 aromatic rings. The van der Waals surface area contributed by atoms with Crippen LogP contribution in [0.2, 0.25) is 0 Å². The van der Waals surface area contributed by atoms with Gasteiger partial charge in [0, 0.05) is 6.04 Å². The highest BCUT2D eigenvalue weighted by Crippen LogP contribution is 2.23.